The summed E-state index contributed by atoms with van der Waals surface area (Å²) in [5.74, 6) is -1.51. The number of carbonyl (C=O) groups excluding carboxylic acids is 1. The Balaban J connectivity index is 2.00. The van der Waals surface area contributed by atoms with Gasteiger partial charge in [-0.25, -0.2) is 4.39 Å². The van der Waals surface area contributed by atoms with Crippen molar-refractivity contribution in [1.29, 1.82) is 0 Å². The molecule has 0 saturated heterocycles. The second-order valence-corrected chi connectivity index (χ2v) is 5.38. The fraction of sp³-hybridized carbons (Fsp3) is 0.188. The normalized spacial score (nSPS) is 11.6. The molecule has 0 aliphatic rings. The third-order valence-electron chi connectivity index (χ3n) is 3.23. The van der Waals surface area contributed by atoms with E-state index in [4.69, 9.17) is 16.3 Å². The number of amides is 1. The van der Waals surface area contributed by atoms with Crippen molar-refractivity contribution in [3.63, 3.8) is 0 Å². The molecule has 0 heterocycles. The van der Waals surface area contributed by atoms with E-state index in [0.717, 1.165) is 23.8 Å². The molecule has 0 aromatic heterocycles. The molecule has 0 spiro atoms. The van der Waals surface area contributed by atoms with E-state index in [1.165, 1.54) is 0 Å². The largest absolute Gasteiger partial charge is 0.477 e. The minimum atomic E-state index is -0.709. The van der Waals surface area contributed by atoms with Crippen molar-refractivity contribution in [1.82, 2.24) is 5.32 Å². The summed E-state index contributed by atoms with van der Waals surface area (Å²) in [5.41, 5.74) is 0.313. The quantitative estimate of drug-likeness (QED) is 0.635. The molecule has 0 aliphatic heterocycles. The second kappa shape index (κ2) is 7.74. The molecule has 2 rings (SSSR count). The predicted molar refractivity (Wildman–Crippen MR) is 86.6 cm³/mol. The molecule has 0 unspecified atom stereocenters. The van der Waals surface area contributed by atoms with E-state index in [1.807, 2.05) is 0 Å². The van der Waals surface area contributed by atoms with Crippen LogP contribution in [0.5, 0.6) is 5.75 Å². The smallest absolute Gasteiger partial charge is 0.311 e. The molecule has 0 bridgehead atoms. The topological polar surface area (TPSA) is 81.5 Å². The lowest BCUT2D eigenvalue weighted by molar-refractivity contribution is -0.385. The van der Waals surface area contributed by atoms with Crippen LogP contribution in [0.2, 0.25) is 5.02 Å². The van der Waals surface area contributed by atoms with Crippen molar-refractivity contribution >= 4 is 23.2 Å². The Morgan fingerprint density at radius 3 is 2.75 bits per heavy atom. The number of nitro benzene ring substituents is 1. The number of carbonyl (C=O) groups is 1. The van der Waals surface area contributed by atoms with Crippen LogP contribution in [0.4, 0.5) is 10.1 Å². The Bertz CT molecular complexity index is 769. The molecule has 1 N–H and O–H groups in total. The van der Waals surface area contributed by atoms with Crippen LogP contribution in [0, 0.1) is 15.9 Å². The summed E-state index contributed by atoms with van der Waals surface area (Å²) >= 11 is 6.05. The molecule has 126 valence electrons. The Morgan fingerprint density at radius 1 is 1.38 bits per heavy atom. The highest BCUT2D eigenvalue weighted by Gasteiger charge is 2.18. The maximum atomic E-state index is 13.2. The first kappa shape index (κ1) is 17.7. The highest BCUT2D eigenvalue weighted by atomic mass is 35.5. The van der Waals surface area contributed by atoms with Crippen LogP contribution >= 0.6 is 11.6 Å². The first-order valence-corrected chi connectivity index (χ1v) is 7.37. The Kier molecular flexibility index (Phi) is 5.70. The van der Waals surface area contributed by atoms with Crippen molar-refractivity contribution in [3.05, 3.63) is 69.0 Å². The van der Waals surface area contributed by atoms with E-state index < -0.39 is 28.9 Å². The average molecular weight is 353 g/mol. The number of nitro groups is 1. The molecule has 0 saturated carbocycles. The van der Waals surface area contributed by atoms with Crippen LogP contribution in [0.3, 0.4) is 0 Å². The van der Waals surface area contributed by atoms with Gasteiger partial charge in [0.05, 0.1) is 11.0 Å². The van der Waals surface area contributed by atoms with E-state index in [9.17, 15) is 19.3 Å². The minimum absolute atomic E-state index is 0.305. The van der Waals surface area contributed by atoms with E-state index in [-0.39, 0.29) is 11.8 Å². The first-order valence-electron chi connectivity index (χ1n) is 6.99. The molecule has 8 heteroatoms. The molecule has 6 nitrogen and oxygen atoms in total. The Labute approximate surface area is 142 Å². The van der Waals surface area contributed by atoms with Gasteiger partial charge in [0.2, 0.25) is 5.75 Å². The molecule has 1 amide bonds. The number of ether oxygens (including phenoxy) is 1. The van der Waals surface area contributed by atoms with Crippen LogP contribution in [-0.4, -0.2) is 17.4 Å². The zero-order chi connectivity index (χ0) is 17.7. The lowest BCUT2D eigenvalue weighted by Crippen LogP contribution is -2.31. The van der Waals surface area contributed by atoms with E-state index in [2.05, 4.69) is 5.32 Å². The van der Waals surface area contributed by atoms with Gasteiger partial charge in [-0.15, -0.1) is 0 Å². The summed E-state index contributed by atoms with van der Waals surface area (Å²) in [6, 6.07) is 9.45. The molecule has 24 heavy (non-hydrogen) atoms. The Hall–Kier alpha value is -2.67. The second-order valence-electron chi connectivity index (χ2n) is 4.97. The fourth-order valence-corrected chi connectivity index (χ4v) is 2.38. The van der Waals surface area contributed by atoms with Gasteiger partial charge in [0.15, 0.2) is 6.61 Å². The highest BCUT2D eigenvalue weighted by molar-refractivity contribution is 6.31. The van der Waals surface area contributed by atoms with Gasteiger partial charge in [-0.1, -0.05) is 29.8 Å². The monoisotopic (exact) mass is 352 g/mol. The molecule has 2 aromatic rings. The fourth-order valence-electron chi connectivity index (χ4n) is 2.08. The van der Waals surface area contributed by atoms with Crippen molar-refractivity contribution in [3.8, 4) is 5.75 Å². The van der Waals surface area contributed by atoms with Gasteiger partial charge in [-0.3, -0.25) is 14.9 Å². The first-order chi connectivity index (χ1) is 11.4. The van der Waals surface area contributed by atoms with Gasteiger partial charge in [0.1, 0.15) is 5.82 Å². The summed E-state index contributed by atoms with van der Waals surface area (Å²) in [5, 5.41) is 14.0. The van der Waals surface area contributed by atoms with Gasteiger partial charge in [-0.05, 0) is 24.6 Å². The van der Waals surface area contributed by atoms with Crippen LogP contribution < -0.4 is 10.1 Å². The third kappa shape index (κ3) is 4.42. The van der Waals surface area contributed by atoms with Crippen LogP contribution in [0.15, 0.2) is 42.5 Å². The van der Waals surface area contributed by atoms with E-state index in [1.54, 1.807) is 31.2 Å². The lowest BCUT2D eigenvalue weighted by atomic mass is 10.1. The van der Waals surface area contributed by atoms with Crippen LogP contribution in [0.1, 0.15) is 18.5 Å². The number of nitrogens with one attached hydrogen (secondary N) is 1. The maximum Gasteiger partial charge on any atom is 0.311 e. The zero-order valence-electron chi connectivity index (χ0n) is 12.7. The van der Waals surface area contributed by atoms with Gasteiger partial charge < -0.3 is 10.1 Å². The summed E-state index contributed by atoms with van der Waals surface area (Å²) in [7, 11) is 0. The Morgan fingerprint density at radius 2 is 2.08 bits per heavy atom. The predicted octanol–water partition coefficient (Wildman–Crippen LogP) is 3.64. The molecular formula is C16H14ClFN2O4. The van der Waals surface area contributed by atoms with Gasteiger partial charge in [0, 0.05) is 17.2 Å². The molecule has 2 aromatic carbocycles. The summed E-state index contributed by atoms with van der Waals surface area (Å²) < 4.78 is 18.3. The number of halogens is 2. The minimum Gasteiger partial charge on any atom is -0.477 e. The van der Waals surface area contributed by atoms with Crippen molar-refractivity contribution in [2.75, 3.05) is 6.61 Å². The highest BCUT2D eigenvalue weighted by Crippen LogP contribution is 2.27. The molecule has 1 atom stereocenters. The number of hydrogen-bond acceptors (Lipinski definition) is 4. The average Bonchev–Trinajstić information content (AvgIpc) is 2.53. The molecule has 0 aliphatic carbocycles. The van der Waals surface area contributed by atoms with Gasteiger partial charge >= 0.3 is 5.69 Å². The summed E-state index contributed by atoms with van der Waals surface area (Å²) in [4.78, 5) is 22.1. The number of hydrogen-bond donors (Lipinski definition) is 1. The van der Waals surface area contributed by atoms with Crippen molar-refractivity contribution in [2.45, 2.75) is 13.0 Å². The number of rotatable bonds is 6. The number of nitrogens with zero attached hydrogens (tertiary/aromatic N) is 1. The standard InChI is InChI=1S/C16H14ClFN2O4/c1-10(12-4-2-3-5-13(12)17)19-16(21)9-24-15-8-11(18)6-7-14(15)20(22)23/h2-8,10H,9H2,1H3,(H,19,21)/t10-/m0/s1. The molecule has 0 fully saturated rings. The molecular weight excluding hydrogens is 339 g/mol. The maximum absolute atomic E-state index is 13.2. The molecule has 0 radical (unpaired) electrons. The zero-order valence-corrected chi connectivity index (χ0v) is 13.4. The van der Waals surface area contributed by atoms with E-state index in [0.29, 0.717) is 5.02 Å². The van der Waals surface area contributed by atoms with Crippen molar-refractivity contribution < 1.29 is 18.8 Å². The number of benzene rings is 2. The SMILES string of the molecule is C[C@H](NC(=O)COc1cc(F)ccc1[N+](=O)[O-])c1ccccc1Cl. The summed E-state index contributed by atoms with van der Waals surface area (Å²) in [6.07, 6.45) is 0. The third-order valence-corrected chi connectivity index (χ3v) is 3.57. The van der Waals surface area contributed by atoms with Crippen LogP contribution in [-0.2, 0) is 4.79 Å². The van der Waals surface area contributed by atoms with Gasteiger partial charge in [0.25, 0.3) is 5.91 Å². The van der Waals surface area contributed by atoms with Gasteiger partial charge in [-0.2, -0.15) is 0 Å². The van der Waals surface area contributed by atoms with Crippen LogP contribution in [0.25, 0.3) is 0 Å². The summed E-state index contributed by atoms with van der Waals surface area (Å²) in [6.45, 7) is 1.25. The van der Waals surface area contributed by atoms with E-state index >= 15 is 0 Å². The lowest BCUT2D eigenvalue weighted by Gasteiger charge is -2.16. The van der Waals surface area contributed by atoms with Crippen molar-refractivity contribution in [2.24, 2.45) is 0 Å².